The first kappa shape index (κ1) is 37.9. The average molecular weight is 752 g/mol. The van der Waals surface area contributed by atoms with E-state index in [1.54, 1.807) is 26.3 Å². The fourth-order valence-electron chi connectivity index (χ4n) is 7.62. The third-order valence-electron chi connectivity index (χ3n) is 10.6. The molecule has 0 saturated heterocycles. The molecule has 1 fully saturated rings. The van der Waals surface area contributed by atoms with Crippen molar-refractivity contribution in [2.75, 3.05) is 44.6 Å². The average Bonchev–Trinajstić information content (AvgIpc) is 3.40. The van der Waals surface area contributed by atoms with E-state index in [1.807, 2.05) is 19.1 Å². The molecule has 280 valence electrons. The Hall–Kier alpha value is -3.87. The minimum atomic E-state index is -3.58. The number of nitrogens with one attached hydrogen (secondary N) is 1. The Kier molecular flexibility index (Phi) is 12.0. The minimum absolute atomic E-state index is 0.0301. The molecule has 3 aliphatic rings. The van der Waals surface area contributed by atoms with E-state index < -0.39 is 21.7 Å². The smallest absolute Gasteiger partial charge is 0.286 e. The van der Waals surface area contributed by atoms with Gasteiger partial charge in [-0.05, 0) is 105 Å². The van der Waals surface area contributed by atoms with Gasteiger partial charge in [-0.1, -0.05) is 36.7 Å². The highest BCUT2D eigenvalue weighted by atomic mass is 35.5. The first-order valence-corrected chi connectivity index (χ1v) is 20.2. The number of hydrogen-bond donors (Lipinski definition) is 1. The van der Waals surface area contributed by atoms with Crippen LogP contribution in [0.5, 0.6) is 11.6 Å². The summed E-state index contributed by atoms with van der Waals surface area (Å²) in [5, 5.41) is 4.90. The zero-order valence-electron chi connectivity index (χ0n) is 30.7. The van der Waals surface area contributed by atoms with Crippen LogP contribution in [0.15, 0.2) is 59.1 Å². The van der Waals surface area contributed by atoms with Gasteiger partial charge >= 0.3 is 0 Å². The molecule has 2 bridgehead atoms. The van der Waals surface area contributed by atoms with Gasteiger partial charge in [0.15, 0.2) is 0 Å². The lowest BCUT2D eigenvalue weighted by molar-refractivity contribution is 0.0133. The summed E-state index contributed by atoms with van der Waals surface area (Å²) in [5.41, 5.74) is 3.71. The Bertz CT molecular complexity index is 1940. The molecule has 11 nitrogen and oxygen atoms in total. The van der Waals surface area contributed by atoms with E-state index >= 15 is 0 Å². The maximum absolute atomic E-state index is 14.5. The van der Waals surface area contributed by atoms with Gasteiger partial charge in [0.2, 0.25) is 5.88 Å². The number of aryl methyl sites for hydroxylation is 3. The summed E-state index contributed by atoms with van der Waals surface area (Å²) in [4.78, 5) is 29.7. The number of benzene rings is 2. The number of carbonyl (C=O) groups is 2. The summed E-state index contributed by atoms with van der Waals surface area (Å²) in [7, 11) is 1.23. The van der Waals surface area contributed by atoms with Crippen molar-refractivity contribution in [2.24, 2.45) is 35.1 Å². The number of carbonyl (C=O) groups excluding carboxylic acids is 2. The van der Waals surface area contributed by atoms with Crippen molar-refractivity contribution in [3.8, 4) is 11.6 Å². The van der Waals surface area contributed by atoms with Gasteiger partial charge in [0.1, 0.15) is 21.2 Å². The van der Waals surface area contributed by atoms with Gasteiger partial charge in [0.25, 0.3) is 11.8 Å². The van der Waals surface area contributed by atoms with Crippen molar-refractivity contribution in [1.82, 2.24) is 14.5 Å². The molecule has 0 radical (unpaired) electrons. The summed E-state index contributed by atoms with van der Waals surface area (Å²) < 4.78 is 40.5. The van der Waals surface area contributed by atoms with E-state index in [-0.39, 0.29) is 40.7 Å². The minimum Gasteiger partial charge on any atom is -0.491 e. The normalized spacial score (nSPS) is 26.9. The predicted molar refractivity (Wildman–Crippen MR) is 204 cm³/mol. The molecule has 6 atom stereocenters. The Morgan fingerprint density at radius 1 is 1.15 bits per heavy atom. The second-order valence-electron chi connectivity index (χ2n) is 14.6. The van der Waals surface area contributed by atoms with E-state index in [9.17, 15) is 13.8 Å². The first-order chi connectivity index (χ1) is 24.9. The molecule has 1 saturated carbocycles. The largest absolute Gasteiger partial charge is 0.491 e. The van der Waals surface area contributed by atoms with Crippen molar-refractivity contribution in [3.05, 3.63) is 82.0 Å². The second-order valence-corrected chi connectivity index (χ2v) is 17.0. The Morgan fingerprint density at radius 2 is 1.98 bits per heavy atom. The second kappa shape index (κ2) is 16.4. The number of nitrogens with zero attached hydrogens (tertiary/aromatic N) is 4. The van der Waals surface area contributed by atoms with Crippen LogP contribution in [0.2, 0.25) is 5.02 Å². The molecule has 2 amide bonds. The predicted octanol–water partition coefficient (Wildman–Crippen LogP) is 6.82. The summed E-state index contributed by atoms with van der Waals surface area (Å²) in [5.74, 6) is 0.252. The van der Waals surface area contributed by atoms with Crippen LogP contribution in [0.3, 0.4) is 0 Å². The number of anilines is 1. The third kappa shape index (κ3) is 8.83. The Labute approximate surface area is 312 Å². The summed E-state index contributed by atoms with van der Waals surface area (Å²) in [6, 6.07) is 11.3. The molecule has 0 spiro atoms. The van der Waals surface area contributed by atoms with Gasteiger partial charge in [-0.25, -0.2) is 4.21 Å². The van der Waals surface area contributed by atoms with Gasteiger partial charge in [-0.2, -0.15) is 0 Å². The molecule has 2 aromatic carbocycles. The molecule has 1 N–H and O–H groups in total. The van der Waals surface area contributed by atoms with Crippen LogP contribution < -0.4 is 19.1 Å². The quantitative estimate of drug-likeness (QED) is 0.249. The highest BCUT2D eigenvalue weighted by molar-refractivity contribution is 7.92. The van der Waals surface area contributed by atoms with Crippen LogP contribution in [0.25, 0.3) is 0 Å². The van der Waals surface area contributed by atoms with Gasteiger partial charge in [-0.3, -0.25) is 19.0 Å². The van der Waals surface area contributed by atoms with Gasteiger partial charge in [0, 0.05) is 49.9 Å². The molecule has 13 heteroatoms. The maximum Gasteiger partial charge on any atom is 0.286 e. The molecular weight excluding hydrogens is 702 g/mol. The van der Waals surface area contributed by atoms with E-state index in [1.165, 1.54) is 29.1 Å². The van der Waals surface area contributed by atoms with Crippen LogP contribution in [0.4, 0.5) is 5.69 Å². The number of amides is 2. The summed E-state index contributed by atoms with van der Waals surface area (Å²) in [6.45, 7) is 6.17. The van der Waals surface area contributed by atoms with Crippen molar-refractivity contribution >= 4 is 39.0 Å². The van der Waals surface area contributed by atoms with Crippen LogP contribution in [-0.4, -0.2) is 71.6 Å². The zero-order valence-corrected chi connectivity index (χ0v) is 32.3. The highest BCUT2D eigenvalue weighted by Crippen LogP contribution is 2.42. The van der Waals surface area contributed by atoms with E-state index in [0.717, 1.165) is 55.9 Å². The molecular formula is C39H50ClN5O6S. The molecule has 1 aliphatic carbocycles. The third-order valence-corrected chi connectivity index (χ3v) is 12.8. The van der Waals surface area contributed by atoms with Crippen molar-refractivity contribution in [1.29, 1.82) is 0 Å². The standard InChI is InChI=1S/C39H50ClN5O6S/c1-25-8-6-11-35(49-4)32-16-13-30(32)21-45-20-27(9-7-10-28-18-31(40)15-12-26(28)2)23-51-36-17-14-29(19-34(36)45)37(46)42-52(48,24-25)43-38(47)33-22-44(3)41-39(33)50-5/h6,11-12,14-15,17-19,22,25,27,30,32,35H,7-10,13,16,20-21,23-24H2,1-5H3,(H,42,43,46,47,48)/b11-6+/t25-,27+,30-,32+,35-,52?/m0/s1. The topological polar surface area (TPSA) is 124 Å². The zero-order chi connectivity index (χ0) is 37.0. The number of rotatable bonds is 8. The monoisotopic (exact) mass is 751 g/mol. The number of allylic oxidation sites excluding steroid dienone is 1. The van der Waals surface area contributed by atoms with Crippen molar-refractivity contribution in [3.63, 3.8) is 0 Å². The molecule has 1 aromatic heterocycles. The van der Waals surface area contributed by atoms with E-state index in [4.69, 9.17) is 25.8 Å². The summed E-state index contributed by atoms with van der Waals surface area (Å²) in [6.07, 6.45) is 11.2. The van der Waals surface area contributed by atoms with Crippen LogP contribution in [0, 0.1) is 30.6 Å². The Balaban J connectivity index is 1.32. The molecule has 52 heavy (non-hydrogen) atoms. The molecule has 3 aromatic rings. The fourth-order valence-corrected chi connectivity index (χ4v) is 9.70. The van der Waals surface area contributed by atoms with Crippen molar-refractivity contribution < 1.29 is 28.0 Å². The van der Waals surface area contributed by atoms with Gasteiger partial charge in [0.05, 0.1) is 31.3 Å². The van der Waals surface area contributed by atoms with Crippen LogP contribution in [0.1, 0.15) is 70.9 Å². The van der Waals surface area contributed by atoms with Crippen LogP contribution >= 0.6 is 11.6 Å². The lowest BCUT2D eigenvalue weighted by Gasteiger charge is -2.43. The lowest BCUT2D eigenvalue weighted by atomic mass is 9.70. The SMILES string of the molecule is COc1nn(C)cc1C(=O)NS1(=O)=NC(=O)c2ccc3c(c2)N(C[C@@H](CCCc2cc(Cl)ccc2C)CO3)C[C@@H]2CC[C@H]2[C@@H](OC)/C=C/C[C@H](C)C1. The van der Waals surface area contributed by atoms with E-state index in [0.29, 0.717) is 30.6 Å². The number of methoxy groups -OCH3 is 2. The Morgan fingerprint density at radius 3 is 2.73 bits per heavy atom. The fraction of sp³-hybridized carbons (Fsp3) is 0.513. The molecule has 3 heterocycles. The lowest BCUT2D eigenvalue weighted by Crippen LogP contribution is -2.44. The molecule has 1 unspecified atom stereocenters. The molecule has 6 rings (SSSR count). The van der Waals surface area contributed by atoms with Gasteiger partial charge < -0.3 is 19.1 Å². The molecule has 2 aliphatic heterocycles. The highest BCUT2D eigenvalue weighted by Gasteiger charge is 2.38. The number of fused-ring (bicyclic) bond motifs is 2. The van der Waals surface area contributed by atoms with Crippen LogP contribution in [-0.2, 0) is 28.1 Å². The number of ether oxygens (including phenoxy) is 3. The first-order valence-electron chi connectivity index (χ1n) is 18.1. The van der Waals surface area contributed by atoms with Crippen molar-refractivity contribution in [2.45, 2.75) is 58.5 Å². The number of halogens is 1. The number of hydrogen-bond acceptors (Lipinski definition) is 8. The van der Waals surface area contributed by atoms with Gasteiger partial charge in [-0.15, -0.1) is 9.46 Å². The summed E-state index contributed by atoms with van der Waals surface area (Å²) >= 11 is 6.30. The number of aromatic nitrogens is 2. The maximum atomic E-state index is 14.5. The van der Waals surface area contributed by atoms with E-state index in [2.05, 4.69) is 50.3 Å².